The SMILES string of the molecule is C=CCN(C(=O)NCc1ccccc1)N1CC(=O)N2[C@@H](Cc3ccc(O)cc3)C(=O)N(Cc3cccc(N4CCCC4=O)c3)C[C@@H]21. The quantitative estimate of drug-likeness (QED) is 0.336. The van der Waals surface area contributed by atoms with Crippen molar-refractivity contribution in [2.45, 2.75) is 44.6 Å². The Morgan fingerprint density at radius 2 is 1.72 bits per heavy atom. The Labute approximate surface area is 268 Å². The molecule has 3 fully saturated rings. The van der Waals surface area contributed by atoms with Crippen molar-refractivity contribution in [3.8, 4) is 5.75 Å². The number of urea groups is 1. The second-order valence-electron chi connectivity index (χ2n) is 11.8. The molecule has 46 heavy (non-hydrogen) atoms. The molecule has 11 nitrogen and oxygen atoms in total. The van der Waals surface area contributed by atoms with Crippen LogP contribution >= 0.6 is 0 Å². The fourth-order valence-corrected chi connectivity index (χ4v) is 6.50. The summed E-state index contributed by atoms with van der Waals surface area (Å²) < 4.78 is 0. The van der Waals surface area contributed by atoms with Gasteiger partial charge in [-0.3, -0.25) is 19.4 Å². The monoisotopic (exact) mass is 622 g/mol. The first-order chi connectivity index (χ1) is 22.3. The molecule has 238 valence electrons. The van der Waals surface area contributed by atoms with E-state index in [-0.39, 0.29) is 62.1 Å². The van der Waals surface area contributed by atoms with Gasteiger partial charge in [0.25, 0.3) is 0 Å². The number of carbonyl (C=O) groups is 4. The van der Waals surface area contributed by atoms with Gasteiger partial charge in [-0.05, 0) is 47.4 Å². The summed E-state index contributed by atoms with van der Waals surface area (Å²) in [5.74, 6) is -0.254. The summed E-state index contributed by atoms with van der Waals surface area (Å²) in [5.41, 5.74) is 3.40. The zero-order valence-corrected chi connectivity index (χ0v) is 25.6. The third-order valence-electron chi connectivity index (χ3n) is 8.73. The standard InChI is InChI=1S/C35H38N6O5/c1-2-17-39(35(46)36-21-26-8-4-3-5-9-26)40-24-33(44)41-30(20-25-13-15-29(42)16-14-25)34(45)37(23-31(40)41)22-27-10-6-11-28(19-27)38-18-7-12-32(38)43/h2-6,8-11,13-16,19,30-31,42H,1,7,12,17-18,20-24H2,(H,36,46)/t30-,31+/m0/s1. The molecule has 2 atom stereocenters. The van der Waals surface area contributed by atoms with E-state index in [9.17, 15) is 24.3 Å². The van der Waals surface area contributed by atoms with E-state index in [1.54, 1.807) is 50.1 Å². The highest BCUT2D eigenvalue weighted by atomic mass is 16.3. The first kappa shape index (κ1) is 30.8. The molecule has 3 aliphatic rings. The molecule has 5 amide bonds. The number of benzene rings is 3. The molecule has 0 unspecified atom stereocenters. The van der Waals surface area contributed by atoms with Crippen LogP contribution in [0.25, 0.3) is 0 Å². The fraction of sp³-hybridized carbons (Fsp3) is 0.314. The Morgan fingerprint density at radius 1 is 0.957 bits per heavy atom. The molecule has 0 spiro atoms. The molecular formula is C35H38N6O5. The predicted molar refractivity (Wildman–Crippen MR) is 172 cm³/mol. The van der Waals surface area contributed by atoms with E-state index in [1.807, 2.05) is 54.6 Å². The highest BCUT2D eigenvalue weighted by Gasteiger charge is 2.52. The van der Waals surface area contributed by atoms with E-state index in [2.05, 4.69) is 11.9 Å². The minimum absolute atomic E-state index is 0.0724. The summed E-state index contributed by atoms with van der Waals surface area (Å²) in [6.07, 6.45) is 2.59. The maximum Gasteiger partial charge on any atom is 0.332 e. The zero-order chi connectivity index (χ0) is 32.2. The number of anilines is 1. The van der Waals surface area contributed by atoms with Gasteiger partial charge in [-0.2, -0.15) is 5.01 Å². The van der Waals surface area contributed by atoms with Gasteiger partial charge in [-0.1, -0.05) is 60.7 Å². The summed E-state index contributed by atoms with van der Waals surface area (Å²) in [7, 11) is 0. The normalized spacial score (nSPS) is 19.8. The minimum atomic E-state index is -0.818. The van der Waals surface area contributed by atoms with Crippen LogP contribution < -0.4 is 10.2 Å². The van der Waals surface area contributed by atoms with Gasteiger partial charge in [0, 0.05) is 38.2 Å². The lowest BCUT2D eigenvalue weighted by Gasteiger charge is -2.46. The van der Waals surface area contributed by atoms with E-state index < -0.39 is 12.2 Å². The molecular weight excluding hydrogens is 584 g/mol. The van der Waals surface area contributed by atoms with Crippen LogP contribution in [-0.2, 0) is 33.9 Å². The molecule has 3 heterocycles. The number of rotatable bonds is 10. The topological polar surface area (TPSA) is 117 Å². The van der Waals surface area contributed by atoms with E-state index in [4.69, 9.17) is 0 Å². The number of aromatic hydroxyl groups is 1. The lowest BCUT2D eigenvalue weighted by atomic mass is 9.99. The van der Waals surface area contributed by atoms with Gasteiger partial charge in [-0.25, -0.2) is 4.79 Å². The van der Waals surface area contributed by atoms with Crippen LogP contribution in [0, 0.1) is 0 Å². The van der Waals surface area contributed by atoms with Crippen LogP contribution in [0.3, 0.4) is 0 Å². The van der Waals surface area contributed by atoms with Crippen LogP contribution in [0.5, 0.6) is 5.75 Å². The van der Waals surface area contributed by atoms with Gasteiger partial charge in [0.15, 0.2) is 0 Å². The highest BCUT2D eigenvalue weighted by molar-refractivity contribution is 5.95. The second-order valence-corrected chi connectivity index (χ2v) is 11.8. The second kappa shape index (κ2) is 13.5. The van der Waals surface area contributed by atoms with Crippen molar-refractivity contribution in [2.75, 3.05) is 31.1 Å². The minimum Gasteiger partial charge on any atom is -0.508 e. The van der Waals surface area contributed by atoms with Gasteiger partial charge in [0.1, 0.15) is 18.0 Å². The average Bonchev–Trinajstić information content (AvgIpc) is 3.64. The molecule has 3 aliphatic heterocycles. The number of piperazine rings is 1. The maximum absolute atomic E-state index is 14.2. The molecule has 6 rings (SSSR count). The van der Waals surface area contributed by atoms with Crippen LogP contribution in [0.2, 0.25) is 0 Å². The van der Waals surface area contributed by atoms with Crippen LogP contribution in [-0.4, -0.2) is 87.1 Å². The van der Waals surface area contributed by atoms with Gasteiger partial charge < -0.3 is 25.1 Å². The lowest BCUT2D eigenvalue weighted by Crippen LogP contribution is -2.66. The number of phenols is 1. The highest BCUT2D eigenvalue weighted by Crippen LogP contribution is 2.31. The Bertz CT molecular complexity index is 1610. The number of hydrogen-bond acceptors (Lipinski definition) is 6. The Hall–Kier alpha value is -5.16. The summed E-state index contributed by atoms with van der Waals surface area (Å²) in [6.45, 7) is 5.37. The van der Waals surface area contributed by atoms with E-state index in [1.165, 1.54) is 5.01 Å². The number of amides is 5. The summed E-state index contributed by atoms with van der Waals surface area (Å²) in [4.78, 5) is 58.9. The van der Waals surface area contributed by atoms with E-state index in [0.29, 0.717) is 19.5 Å². The van der Waals surface area contributed by atoms with Crippen molar-refractivity contribution in [3.05, 3.63) is 108 Å². The van der Waals surface area contributed by atoms with Crippen molar-refractivity contribution < 1.29 is 24.3 Å². The van der Waals surface area contributed by atoms with Gasteiger partial charge >= 0.3 is 6.03 Å². The van der Waals surface area contributed by atoms with E-state index >= 15 is 0 Å². The van der Waals surface area contributed by atoms with Gasteiger partial charge in [-0.15, -0.1) is 6.58 Å². The van der Waals surface area contributed by atoms with Crippen LogP contribution in [0.15, 0.2) is 91.5 Å². The molecule has 0 bridgehead atoms. The number of hydrogen-bond donors (Lipinski definition) is 2. The first-order valence-corrected chi connectivity index (χ1v) is 15.6. The molecule has 11 heteroatoms. The van der Waals surface area contributed by atoms with Crippen molar-refractivity contribution in [3.63, 3.8) is 0 Å². The smallest absolute Gasteiger partial charge is 0.332 e. The number of hydrazine groups is 1. The average molecular weight is 623 g/mol. The Morgan fingerprint density at radius 3 is 2.43 bits per heavy atom. The molecule has 3 saturated heterocycles. The van der Waals surface area contributed by atoms with Crippen LogP contribution in [0.1, 0.15) is 29.5 Å². The zero-order valence-electron chi connectivity index (χ0n) is 25.6. The van der Waals surface area contributed by atoms with Crippen molar-refractivity contribution >= 4 is 29.4 Å². The molecule has 2 N–H and O–H groups in total. The number of phenolic OH excluding ortho intramolecular Hbond substituents is 1. The molecule has 0 saturated carbocycles. The van der Waals surface area contributed by atoms with Crippen molar-refractivity contribution in [2.24, 2.45) is 0 Å². The molecule has 0 aromatic heterocycles. The maximum atomic E-state index is 14.2. The fourth-order valence-electron chi connectivity index (χ4n) is 6.50. The van der Waals surface area contributed by atoms with Crippen molar-refractivity contribution in [1.82, 2.24) is 25.1 Å². The predicted octanol–water partition coefficient (Wildman–Crippen LogP) is 3.26. The summed E-state index contributed by atoms with van der Waals surface area (Å²) in [5, 5.41) is 16.0. The van der Waals surface area contributed by atoms with Gasteiger partial charge in [0.2, 0.25) is 17.7 Å². The summed E-state index contributed by atoms with van der Waals surface area (Å²) in [6, 6.07) is 22.6. The Balaban J connectivity index is 1.28. The largest absolute Gasteiger partial charge is 0.508 e. The molecule has 3 aromatic rings. The number of fused-ring (bicyclic) bond motifs is 1. The number of carbonyl (C=O) groups excluding carboxylic acids is 4. The third-order valence-corrected chi connectivity index (χ3v) is 8.73. The summed E-state index contributed by atoms with van der Waals surface area (Å²) >= 11 is 0. The number of nitrogens with zero attached hydrogens (tertiary/aromatic N) is 5. The lowest BCUT2D eigenvalue weighted by molar-refractivity contribution is -0.157. The Kier molecular flexibility index (Phi) is 9.02. The first-order valence-electron chi connectivity index (χ1n) is 15.6. The van der Waals surface area contributed by atoms with Crippen molar-refractivity contribution in [1.29, 1.82) is 0 Å². The molecule has 0 aliphatic carbocycles. The van der Waals surface area contributed by atoms with Crippen LogP contribution in [0.4, 0.5) is 10.5 Å². The molecule has 3 aromatic carbocycles. The van der Waals surface area contributed by atoms with E-state index in [0.717, 1.165) is 28.8 Å². The molecule has 0 radical (unpaired) electrons. The van der Waals surface area contributed by atoms with Gasteiger partial charge in [0.05, 0.1) is 19.6 Å². The number of nitrogens with one attached hydrogen (secondary N) is 1. The third kappa shape index (κ3) is 6.45.